The van der Waals surface area contributed by atoms with Gasteiger partial charge in [0.15, 0.2) is 0 Å². The lowest BCUT2D eigenvalue weighted by Crippen LogP contribution is -2.40. The number of nitrogens with zero attached hydrogens (tertiary/aromatic N) is 1. The zero-order chi connectivity index (χ0) is 19.8. The Morgan fingerprint density at radius 2 is 2.07 bits per heavy atom. The Bertz CT molecular complexity index is 1050. The van der Waals surface area contributed by atoms with Gasteiger partial charge in [-0.15, -0.1) is 0 Å². The van der Waals surface area contributed by atoms with Gasteiger partial charge in [-0.2, -0.15) is 0 Å². The Hall–Kier alpha value is -2.41. The number of nitrogens with one attached hydrogen (secondary N) is 1. The predicted octanol–water partition coefficient (Wildman–Crippen LogP) is 3.65. The zero-order valence-electron chi connectivity index (χ0n) is 15.3. The number of benzene rings is 2. The maximum Gasteiger partial charge on any atom is 0.271 e. The van der Waals surface area contributed by atoms with E-state index in [0.29, 0.717) is 41.3 Å². The van der Waals surface area contributed by atoms with Crippen LogP contribution in [0.2, 0.25) is 5.02 Å². The van der Waals surface area contributed by atoms with Gasteiger partial charge < -0.3 is 21.4 Å². The molecule has 0 saturated heterocycles. The molecule has 1 aliphatic rings. The van der Waals surface area contributed by atoms with Crippen LogP contribution < -0.4 is 11.5 Å². The molecule has 0 unspecified atom stereocenters. The SMILES string of the molecule is NCCC[C@H](N)CN1Cc2cc(Cl)ccc2-c2c([nH]c3ccc(F)cc23)C1=O. The largest absolute Gasteiger partial charge is 0.350 e. The summed E-state index contributed by atoms with van der Waals surface area (Å²) in [7, 11) is 0. The second kappa shape index (κ2) is 7.54. The summed E-state index contributed by atoms with van der Waals surface area (Å²) in [6, 6.07) is 9.86. The van der Waals surface area contributed by atoms with Crippen molar-refractivity contribution in [1.29, 1.82) is 0 Å². The molecule has 1 aliphatic heterocycles. The van der Waals surface area contributed by atoms with E-state index in [4.69, 9.17) is 23.1 Å². The fourth-order valence-electron chi connectivity index (χ4n) is 3.88. The van der Waals surface area contributed by atoms with Crippen LogP contribution >= 0.6 is 11.6 Å². The minimum absolute atomic E-state index is 0.151. The fourth-order valence-corrected chi connectivity index (χ4v) is 4.07. The van der Waals surface area contributed by atoms with Crippen molar-refractivity contribution in [2.75, 3.05) is 13.1 Å². The number of rotatable bonds is 5. The summed E-state index contributed by atoms with van der Waals surface area (Å²) in [4.78, 5) is 18.3. The van der Waals surface area contributed by atoms with Crippen LogP contribution in [-0.4, -0.2) is 34.9 Å². The number of halogens is 2. The summed E-state index contributed by atoms with van der Waals surface area (Å²) in [6.45, 7) is 1.37. The average molecular weight is 401 g/mol. The lowest BCUT2D eigenvalue weighted by Gasteiger charge is -2.25. The Morgan fingerprint density at radius 1 is 1.25 bits per heavy atom. The molecule has 146 valence electrons. The maximum atomic E-state index is 13.9. The Kier molecular flexibility index (Phi) is 5.10. The second-order valence-electron chi connectivity index (χ2n) is 7.24. The van der Waals surface area contributed by atoms with Gasteiger partial charge in [0.05, 0.1) is 0 Å². The van der Waals surface area contributed by atoms with Crippen LogP contribution in [0.15, 0.2) is 36.4 Å². The summed E-state index contributed by atoms with van der Waals surface area (Å²) in [5.74, 6) is -0.496. The van der Waals surface area contributed by atoms with Crippen LogP contribution in [0.1, 0.15) is 28.9 Å². The van der Waals surface area contributed by atoms with Crippen LogP contribution in [-0.2, 0) is 6.54 Å². The van der Waals surface area contributed by atoms with Crippen molar-refractivity contribution in [2.24, 2.45) is 11.5 Å². The molecule has 5 nitrogen and oxygen atoms in total. The topological polar surface area (TPSA) is 88.1 Å². The molecule has 0 aliphatic carbocycles. The molecule has 7 heteroatoms. The highest BCUT2D eigenvalue weighted by Gasteiger charge is 2.30. The molecule has 0 fully saturated rings. The van der Waals surface area contributed by atoms with Crippen LogP contribution in [0.3, 0.4) is 0 Å². The van der Waals surface area contributed by atoms with E-state index in [1.807, 2.05) is 12.1 Å². The van der Waals surface area contributed by atoms with Gasteiger partial charge in [-0.05, 0) is 60.8 Å². The van der Waals surface area contributed by atoms with Crippen LogP contribution in [0, 0.1) is 5.82 Å². The van der Waals surface area contributed by atoms with Gasteiger partial charge in [-0.1, -0.05) is 17.7 Å². The summed E-state index contributed by atoms with van der Waals surface area (Å²) < 4.78 is 13.9. The maximum absolute atomic E-state index is 13.9. The smallest absolute Gasteiger partial charge is 0.271 e. The first-order valence-corrected chi connectivity index (χ1v) is 9.70. The molecular weight excluding hydrogens is 379 g/mol. The van der Waals surface area contributed by atoms with E-state index in [1.54, 1.807) is 17.0 Å². The standard InChI is InChI=1S/C21H22ClFN4O/c22-13-3-5-16-12(8-13)10-27(11-15(25)2-1-7-24)21(28)20-19(16)17-9-14(23)4-6-18(17)26-20/h3-6,8-9,15,26H,1-2,7,10-11,24-25H2/t15-/m0/s1. The molecule has 0 saturated carbocycles. The number of amides is 1. The molecule has 1 atom stereocenters. The summed E-state index contributed by atoms with van der Waals surface area (Å²) in [5.41, 5.74) is 15.5. The van der Waals surface area contributed by atoms with Crippen molar-refractivity contribution >= 4 is 28.4 Å². The van der Waals surface area contributed by atoms with Crippen molar-refractivity contribution in [1.82, 2.24) is 9.88 Å². The van der Waals surface area contributed by atoms with Crippen molar-refractivity contribution in [3.05, 3.63) is 58.5 Å². The molecular formula is C21H22ClFN4O. The van der Waals surface area contributed by atoms with Crippen molar-refractivity contribution in [2.45, 2.75) is 25.4 Å². The van der Waals surface area contributed by atoms with Gasteiger partial charge in [0.25, 0.3) is 5.91 Å². The monoisotopic (exact) mass is 400 g/mol. The summed E-state index contributed by atoms with van der Waals surface area (Å²) >= 11 is 6.22. The highest BCUT2D eigenvalue weighted by molar-refractivity contribution is 6.30. The van der Waals surface area contributed by atoms with Crippen molar-refractivity contribution in [3.63, 3.8) is 0 Å². The molecule has 4 rings (SSSR count). The summed E-state index contributed by atoms with van der Waals surface area (Å²) in [6.07, 6.45) is 1.55. The number of hydrogen-bond acceptors (Lipinski definition) is 3. The number of carbonyl (C=O) groups excluding carboxylic acids is 1. The van der Waals surface area contributed by atoms with Gasteiger partial charge in [-0.25, -0.2) is 4.39 Å². The zero-order valence-corrected chi connectivity index (χ0v) is 16.1. The number of fused-ring (bicyclic) bond motifs is 5. The number of nitrogens with two attached hydrogens (primary N) is 2. The number of carbonyl (C=O) groups is 1. The molecule has 0 radical (unpaired) electrons. The molecule has 3 aromatic rings. The molecule has 0 spiro atoms. The first-order valence-electron chi connectivity index (χ1n) is 9.33. The molecule has 1 aromatic heterocycles. The molecule has 5 N–H and O–H groups in total. The Balaban J connectivity index is 1.85. The lowest BCUT2D eigenvalue weighted by molar-refractivity contribution is 0.0729. The van der Waals surface area contributed by atoms with Gasteiger partial charge >= 0.3 is 0 Å². The molecule has 2 heterocycles. The third-order valence-corrected chi connectivity index (χ3v) is 5.43. The van der Waals surface area contributed by atoms with Gasteiger partial charge in [0.2, 0.25) is 0 Å². The van der Waals surface area contributed by atoms with E-state index in [-0.39, 0.29) is 17.8 Å². The van der Waals surface area contributed by atoms with Crippen molar-refractivity contribution < 1.29 is 9.18 Å². The minimum Gasteiger partial charge on any atom is -0.350 e. The highest BCUT2D eigenvalue weighted by Crippen LogP contribution is 2.39. The fraction of sp³-hybridized carbons (Fsp3) is 0.286. The number of aromatic amines is 1. The van der Waals surface area contributed by atoms with E-state index < -0.39 is 0 Å². The van der Waals surface area contributed by atoms with Gasteiger partial charge in [-0.3, -0.25) is 4.79 Å². The second-order valence-corrected chi connectivity index (χ2v) is 7.68. The molecule has 28 heavy (non-hydrogen) atoms. The molecule has 2 aromatic carbocycles. The number of H-pyrrole nitrogens is 1. The molecule has 0 bridgehead atoms. The van der Waals surface area contributed by atoms with E-state index >= 15 is 0 Å². The lowest BCUT2D eigenvalue weighted by atomic mass is 9.98. The number of aromatic nitrogens is 1. The van der Waals surface area contributed by atoms with E-state index in [0.717, 1.165) is 29.5 Å². The Morgan fingerprint density at radius 3 is 2.86 bits per heavy atom. The third kappa shape index (κ3) is 3.39. The minimum atomic E-state index is -0.345. The summed E-state index contributed by atoms with van der Waals surface area (Å²) in [5, 5.41) is 1.27. The van der Waals surface area contributed by atoms with Crippen LogP contribution in [0.25, 0.3) is 22.0 Å². The normalized spacial score (nSPS) is 14.7. The first kappa shape index (κ1) is 18.9. The predicted molar refractivity (Wildman–Crippen MR) is 110 cm³/mol. The van der Waals surface area contributed by atoms with Gasteiger partial charge in [0.1, 0.15) is 11.5 Å². The highest BCUT2D eigenvalue weighted by atomic mass is 35.5. The van der Waals surface area contributed by atoms with Crippen LogP contribution in [0.4, 0.5) is 4.39 Å². The van der Waals surface area contributed by atoms with E-state index in [9.17, 15) is 9.18 Å². The number of hydrogen-bond donors (Lipinski definition) is 3. The molecule has 1 amide bonds. The van der Waals surface area contributed by atoms with E-state index in [1.165, 1.54) is 12.1 Å². The van der Waals surface area contributed by atoms with Crippen LogP contribution in [0.5, 0.6) is 0 Å². The quantitative estimate of drug-likeness (QED) is 0.610. The first-order chi connectivity index (χ1) is 13.5. The van der Waals surface area contributed by atoms with E-state index in [2.05, 4.69) is 4.98 Å². The third-order valence-electron chi connectivity index (χ3n) is 5.19. The van der Waals surface area contributed by atoms with Crippen molar-refractivity contribution in [3.8, 4) is 11.1 Å². The Labute approximate surface area is 167 Å². The average Bonchev–Trinajstić information content (AvgIpc) is 2.99. The van der Waals surface area contributed by atoms with Gasteiger partial charge in [0, 0.05) is 40.6 Å².